The van der Waals surface area contributed by atoms with Crippen molar-refractivity contribution in [1.82, 2.24) is 0 Å². The van der Waals surface area contributed by atoms with Crippen molar-refractivity contribution in [3.05, 3.63) is 33.8 Å². The number of benzene rings is 1. The molecule has 1 nitrogen and oxygen atoms in total. The zero-order valence-corrected chi connectivity index (χ0v) is 10.0. The molecule has 0 aliphatic heterocycles. The van der Waals surface area contributed by atoms with Gasteiger partial charge in [0.2, 0.25) is 0 Å². The molecule has 1 aliphatic rings. The highest BCUT2D eigenvalue weighted by atomic mass is 79.9. The summed E-state index contributed by atoms with van der Waals surface area (Å²) in [5.41, 5.74) is 8.71. The van der Waals surface area contributed by atoms with E-state index >= 15 is 0 Å². The molecule has 76 valence electrons. The van der Waals surface area contributed by atoms with Crippen LogP contribution in [0.4, 0.5) is 0 Å². The fourth-order valence-electron chi connectivity index (χ4n) is 1.80. The second kappa shape index (κ2) is 4.03. The Bertz CT molecular complexity index is 331. The molecule has 0 saturated heterocycles. The number of rotatable bonds is 3. The molecule has 0 aromatic heterocycles. The minimum atomic E-state index is 0.205. The second-order valence-corrected chi connectivity index (χ2v) is 5.06. The first-order valence-corrected chi connectivity index (χ1v) is 5.98. The molecule has 0 heterocycles. The smallest absolute Gasteiger partial charge is 0.0308 e. The van der Waals surface area contributed by atoms with Crippen LogP contribution in [0.5, 0.6) is 0 Å². The van der Waals surface area contributed by atoms with Crippen LogP contribution in [0.3, 0.4) is 0 Å². The number of halogens is 1. The van der Waals surface area contributed by atoms with Gasteiger partial charge >= 0.3 is 0 Å². The van der Waals surface area contributed by atoms with Crippen molar-refractivity contribution in [2.45, 2.75) is 32.2 Å². The third kappa shape index (κ3) is 2.18. The summed E-state index contributed by atoms with van der Waals surface area (Å²) < 4.78 is 1.19. The molecule has 0 bridgehead atoms. The molecule has 0 radical (unpaired) electrons. The highest BCUT2D eigenvalue weighted by Gasteiger charge is 2.25. The van der Waals surface area contributed by atoms with Crippen LogP contribution in [-0.4, -0.2) is 0 Å². The molecule has 0 amide bonds. The minimum Gasteiger partial charge on any atom is -0.324 e. The van der Waals surface area contributed by atoms with E-state index in [1.54, 1.807) is 0 Å². The number of nitrogens with two attached hydrogens (primary N) is 1. The van der Waals surface area contributed by atoms with E-state index in [0.717, 1.165) is 12.3 Å². The number of hydrogen-bond acceptors (Lipinski definition) is 1. The standard InChI is InChI=1S/C12H16BrN/c1-8-3-2-4-10(12(8)13)11(14)7-9-5-6-9/h2-4,9,11H,5-7,14H2,1H3. The highest BCUT2D eigenvalue weighted by Crippen LogP contribution is 2.38. The predicted octanol–water partition coefficient (Wildman–Crippen LogP) is 3.56. The molecule has 14 heavy (non-hydrogen) atoms. The molecule has 0 spiro atoms. The highest BCUT2D eigenvalue weighted by molar-refractivity contribution is 9.10. The molecule has 1 fully saturated rings. The van der Waals surface area contributed by atoms with E-state index in [-0.39, 0.29) is 6.04 Å². The molecule has 1 aromatic carbocycles. The van der Waals surface area contributed by atoms with Crippen LogP contribution >= 0.6 is 15.9 Å². The van der Waals surface area contributed by atoms with Gasteiger partial charge in [-0.3, -0.25) is 0 Å². The number of hydrogen-bond donors (Lipinski definition) is 1. The first-order chi connectivity index (χ1) is 6.68. The SMILES string of the molecule is Cc1cccc(C(N)CC2CC2)c1Br. The lowest BCUT2D eigenvalue weighted by atomic mass is 10.0. The van der Waals surface area contributed by atoms with Crippen molar-refractivity contribution < 1.29 is 0 Å². The molecule has 1 atom stereocenters. The van der Waals surface area contributed by atoms with E-state index < -0.39 is 0 Å². The molecule has 1 aliphatic carbocycles. The van der Waals surface area contributed by atoms with Crippen LogP contribution in [-0.2, 0) is 0 Å². The van der Waals surface area contributed by atoms with Crippen LogP contribution in [0.25, 0.3) is 0 Å². The Labute approximate surface area is 93.8 Å². The monoisotopic (exact) mass is 253 g/mol. The molecule has 1 aromatic rings. The van der Waals surface area contributed by atoms with Gasteiger partial charge < -0.3 is 5.73 Å². The molecule has 2 rings (SSSR count). The summed E-state index contributed by atoms with van der Waals surface area (Å²) in [5.74, 6) is 0.886. The molecule has 1 saturated carbocycles. The summed E-state index contributed by atoms with van der Waals surface area (Å²) in [6, 6.07) is 6.53. The van der Waals surface area contributed by atoms with Gasteiger partial charge in [-0.2, -0.15) is 0 Å². The topological polar surface area (TPSA) is 26.0 Å². The van der Waals surface area contributed by atoms with Gasteiger partial charge in [-0.25, -0.2) is 0 Å². The Morgan fingerprint density at radius 1 is 1.50 bits per heavy atom. The lowest BCUT2D eigenvalue weighted by Crippen LogP contribution is -2.11. The Morgan fingerprint density at radius 3 is 2.86 bits per heavy atom. The van der Waals surface area contributed by atoms with Gasteiger partial charge in [-0.05, 0) is 30.4 Å². The summed E-state index contributed by atoms with van der Waals surface area (Å²) in [6.45, 7) is 2.11. The fourth-order valence-corrected chi connectivity index (χ4v) is 2.35. The van der Waals surface area contributed by atoms with Gasteiger partial charge in [-0.15, -0.1) is 0 Å². The Kier molecular flexibility index (Phi) is 2.93. The summed E-state index contributed by atoms with van der Waals surface area (Å²) in [4.78, 5) is 0. The third-order valence-corrected chi connectivity index (χ3v) is 3.99. The molecular formula is C12H16BrN. The third-order valence-electron chi connectivity index (χ3n) is 2.91. The maximum atomic E-state index is 6.18. The van der Waals surface area contributed by atoms with Crippen molar-refractivity contribution in [2.75, 3.05) is 0 Å². The van der Waals surface area contributed by atoms with Gasteiger partial charge in [0.15, 0.2) is 0 Å². The van der Waals surface area contributed by atoms with Crippen LogP contribution in [0, 0.1) is 12.8 Å². The van der Waals surface area contributed by atoms with E-state index in [4.69, 9.17) is 5.73 Å². The number of aryl methyl sites for hydroxylation is 1. The molecule has 1 unspecified atom stereocenters. The second-order valence-electron chi connectivity index (χ2n) is 4.26. The first kappa shape index (κ1) is 10.2. The lowest BCUT2D eigenvalue weighted by Gasteiger charge is -2.14. The average Bonchev–Trinajstić information content (AvgIpc) is 2.93. The van der Waals surface area contributed by atoms with Crippen molar-refractivity contribution >= 4 is 15.9 Å². The van der Waals surface area contributed by atoms with Gasteiger partial charge in [-0.1, -0.05) is 47.0 Å². The van der Waals surface area contributed by atoms with Crippen LogP contribution in [0.1, 0.15) is 36.4 Å². The van der Waals surface area contributed by atoms with Gasteiger partial charge in [0, 0.05) is 10.5 Å². The lowest BCUT2D eigenvalue weighted by molar-refractivity contribution is 0.595. The minimum absolute atomic E-state index is 0.205. The van der Waals surface area contributed by atoms with E-state index in [1.165, 1.54) is 28.4 Å². The van der Waals surface area contributed by atoms with E-state index in [9.17, 15) is 0 Å². The summed E-state index contributed by atoms with van der Waals surface area (Å²) >= 11 is 3.61. The summed E-state index contributed by atoms with van der Waals surface area (Å²) in [6.07, 6.45) is 3.89. The van der Waals surface area contributed by atoms with Crippen molar-refractivity contribution in [1.29, 1.82) is 0 Å². The Morgan fingerprint density at radius 2 is 2.21 bits per heavy atom. The maximum Gasteiger partial charge on any atom is 0.0308 e. The quantitative estimate of drug-likeness (QED) is 0.876. The maximum absolute atomic E-state index is 6.18. The van der Waals surface area contributed by atoms with E-state index in [2.05, 4.69) is 41.1 Å². The largest absolute Gasteiger partial charge is 0.324 e. The summed E-state index contributed by atoms with van der Waals surface area (Å²) in [7, 11) is 0. The fraction of sp³-hybridized carbons (Fsp3) is 0.500. The van der Waals surface area contributed by atoms with Crippen LogP contribution in [0.15, 0.2) is 22.7 Å². The molecule has 2 N–H and O–H groups in total. The zero-order chi connectivity index (χ0) is 10.1. The van der Waals surface area contributed by atoms with Gasteiger partial charge in [0.25, 0.3) is 0 Å². The molecular weight excluding hydrogens is 238 g/mol. The van der Waals surface area contributed by atoms with Crippen molar-refractivity contribution in [3.63, 3.8) is 0 Å². The predicted molar refractivity (Wildman–Crippen MR) is 63.1 cm³/mol. The Balaban J connectivity index is 2.16. The van der Waals surface area contributed by atoms with E-state index in [0.29, 0.717) is 0 Å². The van der Waals surface area contributed by atoms with E-state index in [1.807, 2.05) is 0 Å². The average molecular weight is 254 g/mol. The Hall–Kier alpha value is -0.340. The first-order valence-electron chi connectivity index (χ1n) is 5.19. The van der Waals surface area contributed by atoms with Crippen LogP contribution in [0.2, 0.25) is 0 Å². The molecule has 2 heteroatoms. The van der Waals surface area contributed by atoms with Crippen molar-refractivity contribution in [2.24, 2.45) is 11.7 Å². The van der Waals surface area contributed by atoms with Crippen LogP contribution < -0.4 is 5.73 Å². The normalized spacial score (nSPS) is 18.2. The van der Waals surface area contributed by atoms with Gasteiger partial charge in [0.1, 0.15) is 0 Å². The summed E-state index contributed by atoms with van der Waals surface area (Å²) in [5, 5.41) is 0. The van der Waals surface area contributed by atoms with Gasteiger partial charge in [0.05, 0.1) is 0 Å². The zero-order valence-electron chi connectivity index (χ0n) is 8.46. The van der Waals surface area contributed by atoms with Crippen molar-refractivity contribution in [3.8, 4) is 0 Å².